The van der Waals surface area contributed by atoms with Gasteiger partial charge < -0.3 is 13.9 Å². The maximum atomic E-state index is 11.6. The molecule has 0 fully saturated rings. The molecule has 0 bridgehead atoms. The van der Waals surface area contributed by atoms with Crippen LogP contribution in [0.3, 0.4) is 0 Å². The predicted octanol–water partition coefficient (Wildman–Crippen LogP) is 2.78. The normalized spacial score (nSPS) is 10.3. The van der Waals surface area contributed by atoms with E-state index in [1.165, 1.54) is 6.26 Å². The lowest BCUT2D eigenvalue weighted by atomic mass is 10.1. The number of carbonyl (C=O) groups excluding carboxylic acids is 1. The second-order valence-corrected chi connectivity index (χ2v) is 3.76. The fourth-order valence-electron chi connectivity index (χ4n) is 1.60. The van der Waals surface area contributed by atoms with Gasteiger partial charge in [-0.2, -0.15) is 0 Å². The number of hydrogen-bond donors (Lipinski definition) is 0. The third-order valence-corrected chi connectivity index (χ3v) is 2.50. The van der Waals surface area contributed by atoms with Crippen molar-refractivity contribution in [1.29, 1.82) is 0 Å². The van der Waals surface area contributed by atoms with E-state index in [0.29, 0.717) is 6.61 Å². The van der Waals surface area contributed by atoms with Crippen LogP contribution in [0.25, 0.3) is 0 Å². The van der Waals surface area contributed by atoms with Crippen LogP contribution in [0.4, 0.5) is 0 Å². The SMILES string of the molecule is COCc1ccccc1COC(=O)c1ccco1. The minimum absolute atomic E-state index is 0.207. The van der Waals surface area contributed by atoms with Crippen LogP contribution in [0.5, 0.6) is 0 Å². The summed E-state index contributed by atoms with van der Waals surface area (Å²) in [6, 6.07) is 10.9. The number of ether oxygens (including phenoxy) is 2. The van der Waals surface area contributed by atoms with Crippen molar-refractivity contribution in [2.75, 3.05) is 7.11 Å². The summed E-state index contributed by atoms with van der Waals surface area (Å²) in [5, 5.41) is 0. The molecule has 1 aromatic carbocycles. The van der Waals surface area contributed by atoms with E-state index >= 15 is 0 Å². The Morgan fingerprint density at radius 1 is 1.11 bits per heavy atom. The van der Waals surface area contributed by atoms with E-state index in [1.54, 1.807) is 19.2 Å². The largest absolute Gasteiger partial charge is 0.457 e. The summed E-state index contributed by atoms with van der Waals surface area (Å²) in [6.45, 7) is 0.702. The number of rotatable bonds is 5. The van der Waals surface area contributed by atoms with Gasteiger partial charge in [-0.3, -0.25) is 0 Å². The molecule has 18 heavy (non-hydrogen) atoms. The summed E-state index contributed by atoms with van der Waals surface area (Å²) in [6.07, 6.45) is 1.44. The molecule has 4 nitrogen and oxygen atoms in total. The third-order valence-electron chi connectivity index (χ3n) is 2.50. The molecule has 0 saturated carbocycles. The quantitative estimate of drug-likeness (QED) is 0.761. The van der Waals surface area contributed by atoms with Crippen LogP contribution in [-0.4, -0.2) is 13.1 Å². The van der Waals surface area contributed by atoms with E-state index < -0.39 is 5.97 Å². The van der Waals surface area contributed by atoms with Gasteiger partial charge in [0.05, 0.1) is 12.9 Å². The lowest BCUT2D eigenvalue weighted by Crippen LogP contribution is -2.06. The molecule has 0 aliphatic heterocycles. The first kappa shape index (κ1) is 12.4. The zero-order chi connectivity index (χ0) is 12.8. The van der Waals surface area contributed by atoms with Gasteiger partial charge in [-0.15, -0.1) is 0 Å². The highest BCUT2D eigenvalue weighted by molar-refractivity contribution is 5.86. The van der Waals surface area contributed by atoms with Crippen molar-refractivity contribution < 1.29 is 18.7 Å². The molecule has 0 amide bonds. The van der Waals surface area contributed by atoms with E-state index in [4.69, 9.17) is 13.9 Å². The van der Waals surface area contributed by atoms with Gasteiger partial charge in [0, 0.05) is 7.11 Å². The van der Waals surface area contributed by atoms with Gasteiger partial charge in [-0.1, -0.05) is 24.3 Å². The number of esters is 1. The Kier molecular flexibility index (Phi) is 4.15. The first-order valence-electron chi connectivity index (χ1n) is 5.57. The Hall–Kier alpha value is -2.07. The van der Waals surface area contributed by atoms with E-state index in [0.717, 1.165) is 11.1 Å². The van der Waals surface area contributed by atoms with Crippen molar-refractivity contribution in [1.82, 2.24) is 0 Å². The molecule has 2 aromatic rings. The van der Waals surface area contributed by atoms with Gasteiger partial charge in [0.2, 0.25) is 5.76 Å². The van der Waals surface area contributed by atoms with Crippen molar-refractivity contribution in [3.63, 3.8) is 0 Å². The molecule has 0 atom stereocenters. The Labute approximate surface area is 105 Å². The molecule has 1 heterocycles. The van der Waals surface area contributed by atoms with E-state index in [-0.39, 0.29) is 12.4 Å². The number of furan rings is 1. The molecule has 0 radical (unpaired) electrons. The van der Waals surface area contributed by atoms with Crippen LogP contribution in [0, 0.1) is 0 Å². The van der Waals surface area contributed by atoms with Crippen molar-refractivity contribution in [3.8, 4) is 0 Å². The maximum absolute atomic E-state index is 11.6. The second-order valence-electron chi connectivity index (χ2n) is 3.76. The number of methoxy groups -OCH3 is 1. The van der Waals surface area contributed by atoms with Crippen LogP contribution in [0.1, 0.15) is 21.7 Å². The molecule has 0 saturated heterocycles. The standard InChI is InChI=1S/C14H14O4/c1-16-9-11-5-2-3-6-12(11)10-18-14(15)13-7-4-8-17-13/h2-8H,9-10H2,1H3. The van der Waals surface area contributed by atoms with Crippen LogP contribution >= 0.6 is 0 Å². The molecule has 0 unspecified atom stereocenters. The Morgan fingerprint density at radius 3 is 2.44 bits per heavy atom. The summed E-state index contributed by atoms with van der Waals surface area (Å²) in [5.41, 5.74) is 1.94. The van der Waals surface area contributed by atoms with Gasteiger partial charge in [-0.05, 0) is 23.3 Å². The van der Waals surface area contributed by atoms with Crippen molar-refractivity contribution in [3.05, 3.63) is 59.5 Å². The average Bonchev–Trinajstić information content (AvgIpc) is 2.92. The van der Waals surface area contributed by atoms with Crippen LogP contribution in [-0.2, 0) is 22.7 Å². The van der Waals surface area contributed by atoms with Gasteiger partial charge in [0.15, 0.2) is 0 Å². The van der Waals surface area contributed by atoms with E-state index in [2.05, 4.69) is 0 Å². The van der Waals surface area contributed by atoms with Crippen molar-refractivity contribution in [2.45, 2.75) is 13.2 Å². The zero-order valence-corrected chi connectivity index (χ0v) is 10.1. The van der Waals surface area contributed by atoms with E-state index in [1.807, 2.05) is 24.3 Å². The molecule has 0 aliphatic carbocycles. The highest BCUT2D eigenvalue weighted by Crippen LogP contribution is 2.12. The monoisotopic (exact) mass is 246 g/mol. The molecule has 94 valence electrons. The van der Waals surface area contributed by atoms with Gasteiger partial charge in [0.1, 0.15) is 6.61 Å². The number of benzene rings is 1. The topological polar surface area (TPSA) is 48.7 Å². The predicted molar refractivity (Wildman–Crippen MR) is 65.0 cm³/mol. The van der Waals surface area contributed by atoms with Gasteiger partial charge in [-0.25, -0.2) is 4.79 Å². The Balaban J connectivity index is 2.00. The zero-order valence-electron chi connectivity index (χ0n) is 10.1. The molecule has 2 rings (SSSR count). The first-order chi connectivity index (χ1) is 8.81. The molecule has 0 N–H and O–H groups in total. The van der Waals surface area contributed by atoms with Crippen LogP contribution < -0.4 is 0 Å². The molecule has 4 heteroatoms. The molecule has 1 aromatic heterocycles. The summed E-state index contributed by atoms with van der Waals surface area (Å²) < 4.78 is 15.2. The molecular formula is C14H14O4. The van der Waals surface area contributed by atoms with Gasteiger partial charge in [0.25, 0.3) is 0 Å². The van der Waals surface area contributed by atoms with Crippen molar-refractivity contribution >= 4 is 5.97 Å². The summed E-state index contributed by atoms with van der Waals surface area (Å²) in [4.78, 5) is 11.6. The highest BCUT2D eigenvalue weighted by Gasteiger charge is 2.11. The van der Waals surface area contributed by atoms with Gasteiger partial charge >= 0.3 is 5.97 Å². The number of carbonyl (C=O) groups is 1. The molecule has 0 aliphatic rings. The average molecular weight is 246 g/mol. The summed E-state index contributed by atoms with van der Waals surface area (Å²) in [5.74, 6) is -0.258. The summed E-state index contributed by atoms with van der Waals surface area (Å²) in [7, 11) is 1.63. The fraction of sp³-hybridized carbons (Fsp3) is 0.214. The van der Waals surface area contributed by atoms with E-state index in [9.17, 15) is 4.79 Å². The lowest BCUT2D eigenvalue weighted by Gasteiger charge is -2.08. The Bertz CT molecular complexity index is 502. The minimum Gasteiger partial charge on any atom is -0.457 e. The summed E-state index contributed by atoms with van der Waals surface area (Å²) >= 11 is 0. The number of hydrogen-bond acceptors (Lipinski definition) is 4. The highest BCUT2D eigenvalue weighted by atomic mass is 16.5. The first-order valence-corrected chi connectivity index (χ1v) is 5.57. The molecular weight excluding hydrogens is 232 g/mol. The second kappa shape index (κ2) is 6.02. The molecule has 0 spiro atoms. The maximum Gasteiger partial charge on any atom is 0.374 e. The van der Waals surface area contributed by atoms with Crippen molar-refractivity contribution in [2.24, 2.45) is 0 Å². The smallest absolute Gasteiger partial charge is 0.374 e. The lowest BCUT2D eigenvalue weighted by molar-refractivity contribution is 0.0433. The Morgan fingerprint density at radius 2 is 1.83 bits per heavy atom. The minimum atomic E-state index is -0.466. The fourth-order valence-corrected chi connectivity index (χ4v) is 1.60. The van der Waals surface area contributed by atoms with Crippen LogP contribution in [0.2, 0.25) is 0 Å². The van der Waals surface area contributed by atoms with Crippen LogP contribution in [0.15, 0.2) is 47.1 Å². The third kappa shape index (κ3) is 2.99.